The quantitative estimate of drug-likeness (QED) is 0.564. The highest BCUT2D eigenvalue weighted by atomic mass is 16.5. The molecule has 1 unspecified atom stereocenters. The molecule has 0 bridgehead atoms. The van der Waals surface area contributed by atoms with Gasteiger partial charge in [-0.2, -0.15) is 0 Å². The third-order valence-electron chi connectivity index (χ3n) is 1.70. The standard InChI is InChI=1S/C10H18O/c1-10(2,3)11-9-7-5-4-6-8-9/h5,8-9H,4,6-7H2,1-3H3. The molecule has 1 saturated carbocycles. The van der Waals surface area contributed by atoms with E-state index in [1.165, 1.54) is 12.8 Å². The van der Waals surface area contributed by atoms with E-state index in [1.54, 1.807) is 0 Å². The first-order chi connectivity index (χ1) is 5.08. The zero-order valence-electron chi connectivity index (χ0n) is 7.76. The van der Waals surface area contributed by atoms with Crippen LogP contribution in [0.25, 0.3) is 0 Å². The Morgan fingerprint density at radius 1 is 1.27 bits per heavy atom. The van der Waals surface area contributed by atoms with Crippen LogP contribution in [0.5, 0.6) is 0 Å². The molecule has 1 nitrogen and oxygen atoms in total. The predicted octanol–water partition coefficient (Wildman–Crippen LogP) is 2.76. The normalized spacial score (nSPS) is 22.1. The third-order valence-corrected chi connectivity index (χ3v) is 1.70. The minimum atomic E-state index is 0.00630. The van der Waals surface area contributed by atoms with E-state index in [0.29, 0.717) is 6.10 Å². The second-order valence-corrected chi connectivity index (χ2v) is 4.11. The molecule has 0 spiro atoms. The fraction of sp³-hybridized carbons (Fsp3) is 0.800. The number of rotatable bonds is 1. The van der Waals surface area contributed by atoms with Crippen molar-refractivity contribution in [3.63, 3.8) is 0 Å². The molecule has 0 aromatic heterocycles. The Morgan fingerprint density at radius 2 is 2.00 bits per heavy atom. The highest BCUT2D eigenvalue weighted by Crippen LogP contribution is 2.22. The van der Waals surface area contributed by atoms with Crippen molar-refractivity contribution in [2.45, 2.75) is 51.7 Å². The lowest BCUT2D eigenvalue weighted by Crippen LogP contribution is -2.29. The van der Waals surface area contributed by atoms with E-state index in [1.807, 2.05) is 0 Å². The van der Waals surface area contributed by atoms with Crippen molar-refractivity contribution in [2.75, 3.05) is 0 Å². The van der Waals surface area contributed by atoms with Crippen molar-refractivity contribution in [2.24, 2.45) is 0 Å². The molecule has 1 heteroatoms. The van der Waals surface area contributed by atoms with Gasteiger partial charge >= 0.3 is 0 Å². The molecule has 64 valence electrons. The van der Waals surface area contributed by atoms with Crippen molar-refractivity contribution in [3.8, 4) is 0 Å². The Balaban J connectivity index is 2.24. The summed E-state index contributed by atoms with van der Waals surface area (Å²) in [6, 6.07) is 0. The van der Waals surface area contributed by atoms with E-state index in [4.69, 9.17) is 4.74 Å². The first-order valence-corrected chi connectivity index (χ1v) is 4.41. The minimum absolute atomic E-state index is 0.00630. The van der Waals surface area contributed by atoms with Crippen LogP contribution in [0, 0.1) is 12.8 Å². The molecule has 0 aromatic rings. The van der Waals surface area contributed by atoms with Gasteiger partial charge in [0, 0.05) is 0 Å². The van der Waals surface area contributed by atoms with Gasteiger partial charge in [0.25, 0.3) is 0 Å². The summed E-state index contributed by atoms with van der Waals surface area (Å²) in [4.78, 5) is 0. The van der Waals surface area contributed by atoms with Crippen LogP contribution in [0.4, 0.5) is 0 Å². The maximum absolute atomic E-state index is 5.79. The van der Waals surface area contributed by atoms with Gasteiger partial charge in [-0.15, -0.1) is 0 Å². The topological polar surface area (TPSA) is 9.23 Å². The Morgan fingerprint density at radius 3 is 2.45 bits per heavy atom. The van der Waals surface area contributed by atoms with Gasteiger partial charge in [0.1, 0.15) is 0 Å². The summed E-state index contributed by atoms with van der Waals surface area (Å²) in [6.07, 6.45) is 8.47. The molecule has 0 heterocycles. The highest BCUT2D eigenvalue weighted by Gasteiger charge is 2.20. The predicted molar refractivity (Wildman–Crippen MR) is 47.1 cm³/mol. The van der Waals surface area contributed by atoms with Gasteiger partial charge < -0.3 is 4.74 Å². The fourth-order valence-corrected chi connectivity index (χ4v) is 1.33. The average Bonchev–Trinajstić information content (AvgIpc) is 1.85. The Labute approximate surface area is 70.1 Å². The van der Waals surface area contributed by atoms with Gasteiger partial charge in [-0.1, -0.05) is 0 Å². The van der Waals surface area contributed by atoms with Crippen LogP contribution >= 0.6 is 0 Å². The van der Waals surface area contributed by atoms with Crippen molar-refractivity contribution in [1.29, 1.82) is 0 Å². The van der Waals surface area contributed by atoms with Crippen LogP contribution in [0.1, 0.15) is 40.0 Å². The lowest BCUT2D eigenvalue weighted by Gasteiger charge is -2.29. The molecule has 1 rings (SSSR count). The van der Waals surface area contributed by atoms with E-state index in [-0.39, 0.29) is 5.60 Å². The van der Waals surface area contributed by atoms with Gasteiger partial charge in [0.05, 0.1) is 11.7 Å². The Hall–Kier alpha value is -0.0400. The van der Waals surface area contributed by atoms with Gasteiger partial charge in [0.15, 0.2) is 0 Å². The number of hydrogen-bond acceptors (Lipinski definition) is 1. The van der Waals surface area contributed by atoms with Gasteiger partial charge in [0.2, 0.25) is 0 Å². The molecule has 1 fully saturated rings. The molecule has 0 aliphatic heterocycles. The van der Waals surface area contributed by atoms with Gasteiger partial charge in [-0.3, -0.25) is 0 Å². The summed E-state index contributed by atoms with van der Waals surface area (Å²) in [5.74, 6) is 0. The first-order valence-electron chi connectivity index (χ1n) is 4.41. The lowest BCUT2D eigenvalue weighted by molar-refractivity contribution is -0.0489. The fourth-order valence-electron chi connectivity index (χ4n) is 1.33. The molecular formula is C10H18O. The largest absolute Gasteiger partial charge is 0.372 e. The molecule has 0 N–H and O–H groups in total. The molecular weight excluding hydrogens is 136 g/mol. The van der Waals surface area contributed by atoms with Crippen molar-refractivity contribution >= 4 is 0 Å². The summed E-state index contributed by atoms with van der Waals surface area (Å²) in [6.45, 7) is 6.32. The van der Waals surface area contributed by atoms with Crippen molar-refractivity contribution in [1.82, 2.24) is 0 Å². The number of hydrogen-bond donors (Lipinski definition) is 0. The van der Waals surface area contributed by atoms with E-state index in [0.717, 1.165) is 6.42 Å². The van der Waals surface area contributed by atoms with Crippen LogP contribution in [0.3, 0.4) is 0 Å². The van der Waals surface area contributed by atoms with Crippen molar-refractivity contribution < 1.29 is 4.74 Å². The van der Waals surface area contributed by atoms with Crippen LogP contribution < -0.4 is 0 Å². The molecule has 1 aliphatic rings. The van der Waals surface area contributed by atoms with Crippen LogP contribution in [0.2, 0.25) is 0 Å². The molecule has 0 aromatic carbocycles. The Kier molecular flexibility index (Phi) is 2.94. The Bertz CT molecular complexity index is 107. The molecule has 1 atom stereocenters. The SMILES string of the molecule is CC(C)(C)OC1[CH]CC[CH]C1. The third kappa shape index (κ3) is 3.76. The second-order valence-electron chi connectivity index (χ2n) is 4.11. The zero-order chi connectivity index (χ0) is 8.32. The summed E-state index contributed by atoms with van der Waals surface area (Å²) >= 11 is 0. The van der Waals surface area contributed by atoms with E-state index >= 15 is 0 Å². The molecule has 0 amide bonds. The monoisotopic (exact) mass is 154 g/mol. The zero-order valence-corrected chi connectivity index (χ0v) is 7.76. The molecule has 11 heavy (non-hydrogen) atoms. The number of ether oxygens (including phenoxy) is 1. The highest BCUT2D eigenvalue weighted by molar-refractivity contribution is 4.91. The van der Waals surface area contributed by atoms with E-state index < -0.39 is 0 Å². The summed E-state index contributed by atoms with van der Waals surface area (Å²) in [5.41, 5.74) is 0.00630. The molecule has 1 aliphatic carbocycles. The first kappa shape index (κ1) is 9.05. The smallest absolute Gasteiger partial charge is 0.0616 e. The van der Waals surface area contributed by atoms with Crippen LogP contribution in [0.15, 0.2) is 0 Å². The second kappa shape index (κ2) is 3.57. The molecule has 2 radical (unpaired) electrons. The van der Waals surface area contributed by atoms with Crippen LogP contribution in [-0.2, 0) is 4.74 Å². The van der Waals surface area contributed by atoms with E-state index in [9.17, 15) is 0 Å². The van der Waals surface area contributed by atoms with Crippen molar-refractivity contribution in [3.05, 3.63) is 12.8 Å². The minimum Gasteiger partial charge on any atom is -0.372 e. The maximum Gasteiger partial charge on any atom is 0.0616 e. The summed E-state index contributed by atoms with van der Waals surface area (Å²) < 4.78 is 5.79. The molecule has 0 saturated heterocycles. The van der Waals surface area contributed by atoms with Gasteiger partial charge in [-0.25, -0.2) is 0 Å². The summed E-state index contributed by atoms with van der Waals surface area (Å²) in [5, 5.41) is 0. The lowest BCUT2D eigenvalue weighted by atomic mass is 9.97. The van der Waals surface area contributed by atoms with E-state index in [2.05, 4.69) is 33.6 Å². The average molecular weight is 154 g/mol. The summed E-state index contributed by atoms with van der Waals surface area (Å²) in [7, 11) is 0. The maximum atomic E-state index is 5.79. The van der Waals surface area contributed by atoms with Gasteiger partial charge in [-0.05, 0) is 52.9 Å². The van der Waals surface area contributed by atoms with Crippen LogP contribution in [-0.4, -0.2) is 11.7 Å².